The number of likely N-dealkylation sites (tertiary alicyclic amines) is 1. The van der Waals surface area contributed by atoms with Crippen molar-refractivity contribution in [3.63, 3.8) is 0 Å². The molecule has 0 spiro atoms. The van der Waals surface area contributed by atoms with Crippen molar-refractivity contribution in [3.8, 4) is 0 Å². The van der Waals surface area contributed by atoms with Crippen LogP contribution in [0.1, 0.15) is 26.2 Å². The number of nitrogens with zero attached hydrogens (tertiary/aromatic N) is 1. The maximum absolute atomic E-state index is 5.74. The average molecular weight is 198 g/mol. The molecular weight excluding hydrogens is 176 g/mol. The van der Waals surface area contributed by atoms with E-state index in [1.54, 1.807) is 0 Å². The van der Waals surface area contributed by atoms with Gasteiger partial charge in [-0.2, -0.15) is 0 Å². The molecule has 3 nitrogen and oxygen atoms in total. The van der Waals surface area contributed by atoms with E-state index in [-0.39, 0.29) is 0 Å². The van der Waals surface area contributed by atoms with E-state index in [1.807, 2.05) is 0 Å². The van der Waals surface area contributed by atoms with Crippen LogP contribution in [0.2, 0.25) is 0 Å². The Bertz CT molecular complexity index is 192. The molecule has 2 fully saturated rings. The van der Waals surface area contributed by atoms with Crippen LogP contribution >= 0.6 is 0 Å². The molecular formula is C11H22N2O. The predicted molar refractivity (Wildman–Crippen MR) is 57.2 cm³/mol. The molecule has 1 atom stereocenters. The number of ether oxygens (including phenoxy) is 1. The summed E-state index contributed by atoms with van der Waals surface area (Å²) in [6, 6.07) is 0.652. The van der Waals surface area contributed by atoms with Gasteiger partial charge in [0.05, 0.1) is 13.2 Å². The van der Waals surface area contributed by atoms with Crippen molar-refractivity contribution in [1.82, 2.24) is 4.90 Å². The Labute approximate surface area is 86.6 Å². The summed E-state index contributed by atoms with van der Waals surface area (Å²) in [5, 5.41) is 0. The SMILES string of the molecule is CC1(CCN2CCCC2CN)COC1. The monoisotopic (exact) mass is 198 g/mol. The Morgan fingerprint density at radius 1 is 1.50 bits per heavy atom. The minimum Gasteiger partial charge on any atom is -0.380 e. The average Bonchev–Trinajstić information content (AvgIpc) is 2.58. The lowest BCUT2D eigenvalue weighted by molar-refractivity contribution is -0.108. The zero-order chi connectivity index (χ0) is 10.0. The summed E-state index contributed by atoms with van der Waals surface area (Å²) in [5.74, 6) is 0. The molecule has 2 aliphatic heterocycles. The molecule has 0 aromatic rings. The van der Waals surface area contributed by atoms with Gasteiger partial charge in [0.2, 0.25) is 0 Å². The highest BCUT2D eigenvalue weighted by atomic mass is 16.5. The molecule has 2 rings (SSSR count). The molecule has 82 valence electrons. The third-order valence-corrected chi connectivity index (χ3v) is 3.67. The molecule has 0 amide bonds. The lowest BCUT2D eigenvalue weighted by atomic mass is 9.85. The van der Waals surface area contributed by atoms with Gasteiger partial charge in [-0.25, -0.2) is 0 Å². The van der Waals surface area contributed by atoms with Gasteiger partial charge in [-0.05, 0) is 32.4 Å². The first-order valence-corrected chi connectivity index (χ1v) is 5.75. The van der Waals surface area contributed by atoms with Crippen molar-refractivity contribution in [2.45, 2.75) is 32.2 Å². The topological polar surface area (TPSA) is 38.5 Å². The fraction of sp³-hybridized carbons (Fsp3) is 1.00. The zero-order valence-electron chi connectivity index (χ0n) is 9.17. The Morgan fingerprint density at radius 2 is 2.29 bits per heavy atom. The third-order valence-electron chi connectivity index (χ3n) is 3.67. The number of hydrogen-bond acceptors (Lipinski definition) is 3. The van der Waals surface area contributed by atoms with Crippen LogP contribution in [0.4, 0.5) is 0 Å². The van der Waals surface area contributed by atoms with Crippen LogP contribution in [0, 0.1) is 5.41 Å². The van der Waals surface area contributed by atoms with E-state index in [0.29, 0.717) is 11.5 Å². The standard InChI is InChI=1S/C11H22N2O/c1-11(8-14-9-11)4-6-13-5-2-3-10(13)7-12/h10H,2-9,12H2,1H3. The highest BCUT2D eigenvalue weighted by Crippen LogP contribution is 2.31. The first-order valence-electron chi connectivity index (χ1n) is 5.75. The lowest BCUT2D eigenvalue weighted by Crippen LogP contribution is -2.44. The fourth-order valence-electron chi connectivity index (χ4n) is 2.46. The Kier molecular flexibility index (Phi) is 3.10. The second-order valence-corrected chi connectivity index (χ2v) is 5.12. The molecule has 1 unspecified atom stereocenters. The van der Waals surface area contributed by atoms with E-state index in [0.717, 1.165) is 19.8 Å². The quantitative estimate of drug-likeness (QED) is 0.727. The van der Waals surface area contributed by atoms with Gasteiger partial charge < -0.3 is 10.5 Å². The first-order chi connectivity index (χ1) is 6.73. The van der Waals surface area contributed by atoms with Gasteiger partial charge >= 0.3 is 0 Å². The van der Waals surface area contributed by atoms with E-state index >= 15 is 0 Å². The number of rotatable bonds is 4. The summed E-state index contributed by atoms with van der Waals surface area (Å²) in [7, 11) is 0. The van der Waals surface area contributed by atoms with Crippen molar-refractivity contribution < 1.29 is 4.74 Å². The second kappa shape index (κ2) is 4.17. The van der Waals surface area contributed by atoms with Crippen LogP contribution in [0.3, 0.4) is 0 Å². The minimum atomic E-state index is 0.460. The van der Waals surface area contributed by atoms with Gasteiger partial charge in [0, 0.05) is 18.0 Å². The first kappa shape index (κ1) is 10.4. The van der Waals surface area contributed by atoms with E-state index in [2.05, 4.69) is 11.8 Å². The Hall–Kier alpha value is -0.120. The lowest BCUT2D eigenvalue weighted by Gasteiger charge is -2.39. The molecule has 2 saturated heterocycles. The van der Waals surface area contributed by atoms with Crippen LogP contribution in [0.25, 0.3) is 0 Å². The molecule has 0 aliphatic carbocycles. The molecule has 14 heavy (non-hydrogen) atoms. The summed E-state index contributed by atoms with van der Waals surface area (Å²) < 4.78 is 5.26. The molecule has 2 heterocycles. The van der Waals surface area contributed by atoms with Crippen molar-refractivity contribution in [2.24, 2.45) is 11.1 Å². The summed E-state index contributed by atoms with van der Waals surface area (Å²) in [4.78, 5) is 2.56. The molecule has 0 radical (unpaired) electrons. The zero-order valence-corrected chi connectivity index (χ0v) is 9.17. The van der Waals surface area contributed by atoms with Gasteiger partial charge in [-0.3, -0.25) is 4.90 Å². The molecule has 2 aliphatic rings. The van der Waals surface area contributed by atoms with Crippen LogP contribution in [0.5, 0.6) is 0 Å². The Balaban J connectivity index is 1.74. The van der Waals surface area contributed by atoms with E-state index < -0.39 is 0 Å². The smallest absolute Gasteiger partial charge is 0.0542 e. The molecule has 0 saturated carbocycles. The highest BCUT2D eigenvalue weighted by Gasteiger charge is 2.34. The summed E-state index contributed by atoms with van der Waals surface area (Å²) in [5.41, 5.74) is 6.20. The van der Waals surface area contributed by atoms with Crippen LogP contribution in [-0.2, 0) is 4.74 Å². The van der Waals surface area contributed by atoms with E-state index in [9.17, 15) is 0 Å². The fourth-order valence-corrected chi connectivity index (χ4v) is 2.46. The second-order valence-electron chi connectivity index (χ2n) is 5.12. The maximum Gasteiger partial charge on any atom is 0.0542 e. The Morgan fingerprint density at radius 3 is 2.86 bits per heavy atom. The van der Waals surface area contributed by atoms with Crippen LogP contribution in [0.15, 0.2) is 0 Å². The normalized spacial score (nSPS) is 31.7. The minimum absolute atomic E-state index is 0.460. The van der Waals surface area contributed by atoms with Crippen molar-refractivity contribution in [1.29, 1.82) is 0 Å². The van der Waals surface area contributed by atoms with Crippen molar-refractivity contribution in [2.75, 3.05) is 32.8 Å². The molecule has 0 aromatic heterocycles. The van der Waals surface area contributed by atoms with Crippen LogP contribution in [-0.4, -0.2) is 43.8 Å². The third kappa shape index (κ3) is 2.10. The van der Waals surface area contributed by atoms with Crippen molar-refractivity contribution in [3.05, 3.63) is 0 Å². The van der Waals surface area contributed by atoms with Gasteiger partial charge in [0.15, 0.2) is 0 Å². The largest absolute Gasteiger partial charge is 0.380 e. The van der Waals surface area contributed by atoms with Gasteiger partial charge in [0.25, 0.3) is 0 Å². The summed E-state index contributed by atoms with van der Waals surface area (Å²) in [6.45, 7) is 7.51. The number of nitrogens with two attached hydrogens (primary N) is 1. The molecule has 3 heteroatoms. The highest BCUT2D eigenvalue weighted by molar-refractivity contribution is 4.85. The summed E-state index contributed by atoms with van der Waals surface area (Å²) in [6.07, 6.45) is 3.89. The number of hydrogen-bond donors (Lipinski definition) is 1. The molecule has 0 bridgehead atoms. The van der Waals surface area contributed by atoms with E-state index in [1.165, 1.54) is 32.4 Å². The van der Waals surface area contributed by atoms with Gasteiger partial charge in [-0.1, -0.05) is 6.92 Å². The maximum atomic E-state index is 5.74. The summed E-state index contributed by atoms with van der Waals surface area (Å²) >= 11 is 0. The van der Waals surface area contributed by atoms with Gasteiger partial charge in [-0.15, -0.1) is 0 Å². The van der Waals surface area contributed by atoms with Crippen molar-refractivity contribution >= 4 is 0 Å². The molecule has 2 N–H and O–H groups in total. The van der Waals surface area contributed by atoms with Crippen LogP contribution < -0.4 is 5.73 Å². The predicted octanol–water partition coefficient (Wildman–Crippen LogP) is 0.836. The van der Waals surface area contributed by atoms with E-state index in [4.69, 9.17) is 10.5 Å². The molecule has 0 aromatic carbocycles. The van der Waals surface area contributed by atoms with Gasteiger partial charge in [0.1, 0.15) is 0 Å².